The maximum absolute atomic E-state index is 11.1. The van der Waals surface area contributed by atoms with Crippen molar-refractivity contribution in [2.75, 3.05) is 13.7 Å². The molecule has 1 N–H and O–H groups in total. The van der Waals surface area contributed by atoms with Crippen molar-refractivity contribution < 1.29 is 24.4 Å². The standard InChI is InChI=1S/C12H14O5/c1-3-16-17-12(14)7-5-9-4-6-10(13)11(8-9)15-2/h4-8,13H,3H2,1-2H3/b7-5+. The molecule has 0 fully saturated rings. The fourth-order valence-electron chi connectivity index (χ4n) is 1.11. The zero-order valence-electron chi connectivity index (χ0n) is 9.67. The number of hydrogen-bond donors (Lipinski definition) is 1. The van der Waals surface area contributed by atoms with Gasteiger partial charge in [-0.15, -0.1) is 0 Å². The summed E-state index contributed by atoms with van der Waals surface area (Å²) in [6, 6.07) is 4.72. The fourth-order valence-corrected chi connectivity index (χ4v) is 1.11. The van der Waals surface area contributed by atoms with Crippen LogP contribution in [0.1, 0.15) is 12.5 Å². The van der Waals surface area contributed by atoms with Gasteiger partial charge in [0.15, 0.2) is 11.5 Å². The van der Waals surface area contributed by atoms with Crippen LogP contribution in [0.5, 0.6) is 11.5 Å². The molecule has 1 aromatic carbocycles. The first-order valence-corrected chi connectivity index (χ1v) is 5.06. The number of phenols is 1. The summed E-state index contributed by atoms with van der Waals surface area (Å²) >= 11 is 0. The third-order valence-electron chi connectivity index (χ3n) is 1.87. The van der Waals surface area contributed by atoms with E-state index >= 15 is 0 Å². The van der Waals surface area contributed by atoms with Crippen molar-refractivity contribution in [3.05, 3.63) is 29.8 Å². The molecule has 0 saturated carbocycles. The van der Waals surface area contributed by atoms with Crippen LogP contribution in [0.4, 0.5) is 0 Å². The smallest absolute Gasteiger partial charge is 0.365 e. The topological polar surface area (TPSA) is 65.0 Å². The van der Waals surface area contributed by atoms with Crippen molar-refractivity contribution in [3.63, 3.8) is 0 Å². The van der Waals surface area contributed by atoms with Gasteiger partial charge in [0.2, 0.25) is 0 Å². The molecule has 5 heteroatoms. The number of carbonyl (C=O) groups is 1. The first kappa shape index (κ1) is 13.1. The normalized spacial score (nSPS) is 10.5. The summed E-state index contributed by atoms with van der Waals surface area (Å²) in [7, 11) is 1.45. The Morgan fingerprint density at radius 2 is 2.24 bits per heavy atom. The van der Waals surface area contributed by atoms with Crippen molar-refractivity contribution in [3.8, 4) is 11.5 Å². The van der Waals surface area contributed by atoms with Crippen LogP contribution in [0.3, 0.4) is 0 Å². The lowest BCUT2D eigenvalue weighted by Crippen LogP contribution is -2.01. The number of carbonyl (C=O) groups excluding carboxylic acids is 1. The second-order valence-electron chi connectivity index (χ2n) is 3.07. The minimum Gasteiger partial charge on any atom is -0.504 e. The Morgan fingerprint density at radius 3 is 2.88 bits per heavy atom. The Labute approximate surface area is 99.2 Å². The van der Waals surface area contributed by atoms with Crippen LogP contribution in [-0.2, 0) is 14.6 Å². The Hall–Kier alpha value is -2.01. The molecule has 0 atom stereocenters. The first-order valence-electron chi connectivity index (χ1n) is 5.06. The highest BCUT2D eigenvalue weighted by atomic mass is 17.2. The molecule has 0 aliphatic heterocycles. The highest BCUT2D eigenvalue weighted by Gasteiger charge is 2.01. The van der Waals surface area contributed by atoms with Gasteiger partial charge in [-0.1, -0.05) is 6.07 Å². The number of methoxy groups -OCH3 is 1. The Bertz CT molecular complexity index is 411. The first-order chi connectivity index (χ1) is 8.17. The molecule has 0 spiro atoms. The molecule has 5 nitrogen and oxygen atoms in total. The summed E-state index contributed by atoms with van der Waals surface area (Å²) in [4.78, 5) is 20.0. The molecule has 0 radical (unpaired) electrons. The number of phenolic OH excluding ortho intramolecular Hbond substituents is 1. The van der Waals surface area contributed by atoms with E-state index in [4.69, 9.17) is 4.74 Å². The van der Waals surface area contributed by atoms with E-state index in [9.17, 15) is 9.90 Å². The molecule has 0 heterocycles. The summed E-state index contributed by atoms with van der Waals surface area (Å²) in [6.45, 7) is 2.01. The van der Waals surface area contributed by atoms with Gasteiger partial charge in [-0.3, -0.25) is 4.89 Å². The van der Waals surface area contributed by atoms with Gasteiger partial charge in [0.1, 0.15) is 0 Å². The zero-order chi connectivity index (χ0) is 12.7. The molecular formula is C12H14O5. The van der Waals surface area contributed by atoms with Gasteiger partial charge >= 0.3 is 5.97 Å². The lowest BCUT2D eigenvalue weighted by Gasteiger charge is -2.03. The summed E-state index contributed by atoms with van der Waals surface area (Å²) < 4.78 is 4.93. The second kappa shape index (κ2) is 6.55. The lowest BCUT2D eigenvalue weighted by atomic mass is 10.2. The molecule has 0 amide bonds. The minimum atomic E-state index is -0.598. The zero-order valence-corrected chi connectivity index (χ0v) is 9.67. The average molecular weight is 238 g/mol. The van der Waals surface area contributed by atoms with Gasteiger partial charge in [-0.2, -0.15) is 4.89 Å². The van der Waals surface area contributed by atoms with Crippen molar-refractivity contribution in [1.82, 2.24) is 0 Å². The van der Waals surface area contributed by atoms with Gasteiger partial charge in [0.25, 0.3) is 0 Å². The molecule has 0 bridgehead atoms. The Balaban J connectivity index is 2.68. The van der Waals surface area contributed by atoms with E-state index in [1.165, 1.54) is 25.3 Å². The number of aromatic hydroxyl groups is 1. The highest BCUT2D eigenvalue weighted by Crippen LogP contribution is 2.26. The summed E-state index contributed by atoms with van der Waals surface area (Å²) in [5, 5.41) is 9.37. The molecule has 0 saturated heterocycles. The number of benzene rings is 1. The monoisotopic (exact) mass is 238 g/mol. The number of ether oxygens (including phenoxy) is 1. The Morgan fingerprint density at radius 1 is 1.47 bits per heavy atom. The summed E-state index contributed by atoms with van der Waals surface area (Å²) in [5.41, 5.74) is 0.702. The maximum Gasteiger partial charge on any atom is 0.365 e. The number of hydrogen-bond acceptors (Lipinski definition) is 5. The van der Waals surface area contributed by atoms with Gasteiger partial charge < -0.3 is 9.84 Å². The van der Waals surface area contributed by atoms with Crippen LogP contribution >= 0.6 is 0 Å². The predicted octanol–water partition coefficient (Wildman–Crippen LogP) is 1.91. The molecule has 0 unspecified atom stereocenters. The van der Waals surface area contributed by atoms with E-state index in [-0.39, 0.29) is 5.75 Å². The summed E-state index contributed by atoms with van der Waals surface area (Å²) in [6.07, 6.45) is 2.75. The minimum absolute atomic E-state index is 0.0431. The van der Waals surface area contributed by atoms with E-state index in [1.807, 2.05) is 0 Å². The molecule has 17 heavy (non-hydrogen) atoms. The van der Waals surface area contributed by atoms with E-state index in [0.717, 1.165) is 0 Å². The third-order valence-corrected chi connectivity index (χ3v) is 1.87. The van der Waals surface area contributed by atoms with Crippen LogP contribution in [0.15, 0.2) is 24.3 Å². The molecule has 0 aliphatic rings. The number of rotatable bonds is 5. The second-order valence-corrected chi connectivity index (χ2v) is 3.07. The van der Waals surface area contributed by atoms with Crippen molar-refractivity contribution in [1.29, 1.82) is 0 Å². The van der Waals surface area contributed by atoms with E-state index < -0.39 is 5.97 Å². The molecule has 92 valence electrons. The van der Waals surface area contributed by atoms with Gasteiger partial charge in [-0.05, 0) is 30.7 Å². The molecule has 1 aromatic rings. The molecule has 0 aromatic heterocycles. The third kappa shape index (κ3) is 4.16. The van der Waals surface area contributed by atoms with E-state index in [1.54, 1.807) is 19.1 Å². The van der Waals surface area contributed by atoms with Gasteiger partial charge in [0, 0.05) is 6.08 Å². The van der Waals surface area contributed by atoms with Crippen LogP contribution in [-0.4, -0.2) is 24.8 Å². The predicted molar refractivity (Wildman–Crippen MR) is 61.4 cm³/mol. The molecular weight excluding hydrogens is 224 g/mol. The summed E-state index contributed by atoms with van der Waals surface area (Å²) in [5.74, 6) is -0.217. The van der Waals surface area contributed by atoms with E-state index in [2.05, 4.69) is 9.78 Å². The van der Waals surface area contributed by atoms with Gasteiger partial charge in [0.05, 0.1) is 13.7 Å². The average Bonchev–Trinajstić information content (AvgIpc) is 2.35. The largest absolute Gasteiger partial charge is 0.504 e. The SMILES string of the molecule is CCOOC(=O)/C=C/c1ccc(O)c(OC)c1. The van der Waals surface area contributed by atoms with Crippen LogP contribution < -0.4 is 4.74 Å². The van der Waals surface area contributed by atoms with Gasteiger partial charge in [-0.25, -0.2) is 4.79 Å². The van der Waals surface area contributed by atoms with Crippen molar-refractivity contribution >= 4 is 12.0 Å². The Kier molecular flexibility index (Phi) is 5.03. The maximum atomic E-state index is 11.1. The quantitative estimate of drug-likeness (QED) is 0.482. The molecule has 1 rings (SSSR count). The fraction of sp³-hybridized carbons (Fsp3) is 0.250. The van der Waals surface area contributed by atoms with Crippen molar-refractivity contribution in [2.24, 2.45) is 0 Å². The van der Waals surface area contributed by atoms with Crippen LogP contribution in [0.25, 0.3) is 6.08 Å². The van der Waals surface area contributed by atoms with Crippen LogP contribution in [0, 0.1) is 0 Å². The highest BCUT2D eigenvalue weighted by molar-refractivity contribution is 5.86. The lowest BCUT2D eigenvalue weighted by molar-refractivity contribution is -0.264. The van der Waals surface area contributed by atoms with Crippen LogP contribution in [0.2, 0.25) is 0 Å². The van der Waals surface area contributed by atoms with Crippen molar-refractivity contribution in [2.45, 2.75) is 6.92 Å². The molecule has 0 aliphatic carbocycles. The van der Waals surface area contributed by atoms with E-state index in [0.29, 0.717) is 17.9 Å².